The summed E-state index contributed by atoms with van der Waals surface area (Å²) < 4.78 is 0. The van der Waals surface area contributed by atoms with Crippen LogP contribution in [0.1, 0.15) is 39.3 Å². The molecule has 0 saturated heterocycles. The summed E-state index contributed by atoms with van der Waals surface area (Å²) in [6.45, 7) is 8.94. The van der Waals surface area contributed by atoms with Gasteiger partial charge in [0.05, 0.1) is 11.0 Å². The second-order valence-electron chi connectivity index (χ2n) is 4.97. The first-order chi connectivity index (χ1) is 9.90. The molecule has 2 unspecified atom stereocenters. The van der Waals surface area contributed by atoms with Crippen LogP contribution in [0, 0.1) is 10.1 Å². The van der Waals surface area contributed by atoms with Crippen molar-refractivity contribution in [1.82, 2.24) is 10.2 Å². The molecule has 21 heavy (non-hydrogen) atoms. The Morgan fingerprint density at radius 2 is 1.95 bits per heavy atom. The average Bonchev–Trinajstić information content (AvgIpc) is 2.48. The molecule has 116 valence electrons. The number of rotatable bonds is 7. The van der Waals surface area contributed by atoms with E-state index in [0.29, 0.717) is 13.1 Å². The summed E-state index contributed by atoms with van der Waals surface area (Å²) >= 11 is 0. The number of amides is 1. The normalized spacial score (nSPS) is 13.5. The van der Waals surface area contributed by atoms with Gasteiger partial charge in [0.1, 0.15) is 0 Å². The average molecular weight is 293 g/mol. The maximum absolute atomic E-state index is 12.2. The monoisotopic (exact) mass is 293 g/mol. The van der Waals surface area contributed by atoms with Crippen LogP contribution in [0.2, 0.25) is 0 Å². The predicted molar refractivity (Wildman–Crippen MR) is 82.0 cm³/mol. The lowest BCUT2D eigenvalue weighted by atomic mass is 10.1. The van der Waals surface area contributed by atoms with Crippen LogP contribution < -0.4 is 5.32 Å². The fraction of sp³-hybridized carbons (Fsp3) is 0.533. The van der Waals surface area contributed by atoms with E-state index < -0.39 is 4.92 Å². The number of hydrogen-bond donors (Lipinski definition) is 1. The third kappa shape index (κ3) is 4.53. The Bertz CT molecular complexity index is 501. The van der Waals surface area contributed by atoms with Crippen molar-refractivity contribution in [3.8, 4) is 0 Å². The molecule has 6 nitrogen and oxygen atoms in total. The number of nitrogens with zero attached hydrogens (tertiary/aromatic N) is 2. The molecule has 0 fully saturated rings. The second-order valence-corrected chi connectivity index (χ2v) is 4.97. The highest BCUT2D eigenvalue weighted by Gasteiger charge is 2.20. The van der Waals surface area contributed by atoms with Crippen LogP contribution in [0.4, 0.5) is 5.69 Å². The Morgan fingerprint density at radius 3 is 2.48 bits per heavy atom. The summed E-state index contributed by atoms with van der Waals surface area (Å²) in [5.74, 6) is 0.0391. The number of carbonyl (C=O) groups is 1. The Morgan fingerprint density at radius 1 is 1.33 bits per heavy atom. The molecule has 0 aliphatic heterocycles. The fourth-order valence-corrected chi connectivity index (χ4v) is 2.26. The van der Waals surface area contributed by atoms with Gasteiger partial charge in [-0.1, -0.05) is 12.1 Å². The van der Waals surface area contributed by atoms with Crippen LogP contribution in [-0.4, -0.2) is 34.9 Å². The summed E-state index contributed by atoms with van der Waals surface area (Å²) in [4.78, 5) is 24.3. The van der Waals surface area contributed by atoms with Crippen LogP contribution >= 0.6 is 0 Å². The quantitative estimate of drug-likeness (QED) is 0.619. The lowest BCUT2D eigenvalue weighted by Gasteiger charge is -2.26. The number of nitrogens with one attached hydrogen (secondary N) is 1. The summed E-state index contributed by atoms with van der Waals surface area (Å²) in [5, 5.41) is 14.0. The maximum Gasteiger partial charge on any atom is 0.269 e. The molecular formula is C15H23N3O3. The molecule has 0 aliphatic rings. The standard InChI is InChI=1S/C15H23N3O3/c1-5-17(6-2)15(19)12(4)16-11(3)13-8-7-9-14(10-13)18(20)21/h7-12,16H,5-6H2,1-4H3. The van der Waals surface area contributed by atoms with E-state index in [1.54, 1.807) is 11.0 Å². The van der Waals surface area contributed by atoms with E-state index in [1.807, 2.05) is 33.8 Å². The van der Waals surface area contributed by atoms with E-state index in [0.717, 1.165) is 5.56 Å². The molecule has 6 heteroatoms. The van der Waals surface area contributed by atoms with Crippen LogP contribution in [0.15, 0.2) is 24.3 Å². The molecule has 2 atom stereocenters. The van der Waals surface area contributed by atoms with Gasteiger partial charge in [-0.05, 0) is 33.3 Å². The number of nitro groups is 1. The lowest BCUT2D eigenvalue weighted by Crippen LogP contribution is -2.45. The summed E-state index contributed by atoms with van der Waals surface area (Å²) in [6, 6.07) is 5.99. The van der Waals surface area contributed by atoms with Crippen LogP contribution in [0.25, 0.3) is 0 Å². The Kier molecular flexibility index (Phi) is 6.30. The molecule has 0 aliphatic carbocycles. The zero-order valence-electron chi connectivity index (χ0n) is 13.0. The van der Waals surface area contributed by atoms with Gasteiger partial charge >= 0.3 is 0 Å². The highest BCUT2D eigenvalue weighted by atomic mass is 16.6. The van der Waals surface area contributed by atoms with Gasteiger partial charge in [0, 0.05) is 31.3 Å². The number of nitro benzene ring substituents is 1. The molecule has 0 bridgehead atoms. The number of hydrogen-bond acceptors (Lipinski definition) is 4. The molecule has 0 saturated carbocycles. The van der Waals surface area contributed by atoms with Crippen molar-refractivity contribution >= 4 is 11.6 Å². The zero-order chi connectivity index (χ0) is 16.0. The molecule has 1 aromatic carbocycles. The number of likely N-dealkylation sites (N-methyl/N-ethyl adjacent to an activating group) is 1. The first-order valence-corrected chi connectivity index (χ1v) is 7.19. The lowest BCUT2D eigenvalue weighted by molar-refractivity contribution is -0.384. The van der Waals surface area contributed by atoms with E-state index in [9.17, 15) is 14.9 Å². The van der Waals surface area contributed by atoms with Gasteiger partial charge in [0.2, 0.25) is 5.91 Å². The van der Waals surface area contributed by atoms with Crippen LogP contribution in [0.5, 0.6) is 0 Å². The Hall–Kier alpha value is -1.95. The third-order valence-corrected chi connectivity index (χ3v) is 3.53. The van der Waals surface area contributed by atoms with Gasteiger partial charge in [-0.25, -0.2) is 0 Å². The summed E-state index contributed by atoms with van der Waals surface area (Å²) in [5.41, 5.74) is 0.854. The van der Waals surface area contributed by atoms with Crippen LogP contribution in [-0.2, 0) is 4.79 Å². The highest BCUT2D eigenvalue weighted by Crippen LogP contribution is 2.19. The molecular weight excluding hydrogens is 270 g/mol. The van der Waals surface area contributed by atoms with Gasteiger partial charge in [-0.3, -0.25) is 20.2 Å². The van der Waals surface area contributed by atoms with Gasteiger partial charge in [-0.2, -0.15) is 0 Å². The number of benzene rings is 1. The first kappa shape index (κ1) is 17.1. The minimum atomic E-state index is -0.416. The summed E-state index contributed by atoms with van der Waals surface area (Å²) in [7, 11) is 0. The zero-order valence-corrected chi connectivity index (χ0v) is 13.0. The van der Waals surface area contributed by atoms with E-state index in [4.69, 9.17) is 0 Å². The van der Waals surface area contributed by atoms with Gasteiger partial charge in [0.25, 0.3) is 5.69 Å². The van der Waals surface area contributed by atoms with E-state index in [2.05, 4.69) is 5.32 Å². The van der Waals surface area contributed by atoms with Crippen molar-refractivity contribution in [3.63, 3.8) is 0 Å². The SMILES string of the molecule is CCN(CC)C(=O)C(C)NC(C)c1cccc([N+](=O)[O-])c1. The minimum absolute atomic E-state index is 0.0391. The topological polar surface area (TPSA) is 75.5 Å². The van der Waals surface area contributed by atoms with E-state index in [-0.39, 0.29) is 23.7 Å². The van der Waals surface area contributed by atoms with Crippen molar-refractivity contribution in [1.29, 1.82) is 0 Å². The molecule has 0 heterocycles. The highest BCUT2D eigenvalue weighted by molar-refractivity contribution is 5.81. The van der Waals surface area contributed by atoms with Crippen molar-refractivity contribution in [3.05, 3.63) is 39.9 Å². The predicted octanol–water partition coefficient (Wildman–Crippen LogP) is 2.50. The molecule has 1 amide bonds. The van der Waals surface area contributed by atoms with Crippen molar-refractivity contribution in [2.45, 2.75) is 39.8 Å². The Balaban J connectivity index is 2.76. The molecule has 1 aromatic rings. The number of carbonyl (C=O) groups excluding carboxylic acids is 1. The maximum atomic E-state index is 12.2. The number of non-ortho nitro benzene ring substituents is 1. The van der Waals surface area contributed by atoms with Crippen LogP contribution in [0.3, 0.4) is 0 Å². The molecule has 0 radical (unpaired) electrons. The van der Waals surface area contributed by atoms with E-state index >= 15 is 0 Å². The largest absolute Gasteiger partial charge is 0.342 e. The van der Waals surface area contributed by atoms with E-state index in [1.165, 1.54) is 12.1 Å². The Labute approximate surface area is 125 Å². The van der Waals surface area contributed by atoms with Gasteiger partial charge in [0.15, 0.2) is 0 Å². The molecule has 0 spiro atoms. The third-order valence-electron chi connectivity index (χ3n) is 3.53. The smallest absolute Gasteiger partial charge is 0.269 e. The van der Waals surface area contributed by atoms with Crippen molar-refractivity contribution < 1.29 is 9.72 Å². The molecule has 0 aromatic heterocycles. The van der Waals surface area contributed by atoms with Crippen molar-refractivity contribution in [2.75, 3.05) is 13.1 Å². The summed E-state index contributed by atoms with van der Waals surface area (Å²) in [6.07, 6.45) is 0. The second kappa shape index (κ2) is 7.73. The van der Waals surface area contributed by atoms with Gasteiger partial charge in [-0.15, -0.1) is 0 Å². The van der Waals surface area contributed by atoms with Crippen molar-refractivity contribution in [2.24, 2.45) is 0 Å². The van der Waals surface area contributed by atoms with Gasteiger partial charge < -0.3 is 4.90 Å². The minimum Gasteiger partial charge on any atom is -0.342 e. The molecule has 1 rings (SSSR count). The molecule has 1 N–H and O–H groups in total. The fourth-order valence-electron chi connectivity index (χ4n) is 2.26. The first-order valence-electron chi connectivity index (χ1n) is 7.19.